The van der Waals surface area contributed by atoms with E-state index in [2.05, 4.69) is 15.1 Å². The lowest BCUT2D eigenvalue weighted by Crippen LogP contribution is -2.04. The second kappa shape index (κ2) is 5.27. The average molecular weight is 176 g/mol. The highest BCUT2D eigenvalue weighted by molar-refractivity contribution is 7.81. The van der Waals surface area contributed by atoms with Crippen molar-refractivity contribution in [2.45, 2.75) is 0 Å². The predicted octanol–water partition coefficient (Wildman–Crippen LogP) is 0.487. The molecule has 0 aromatic rings. The topological polar surface area (TPSA) is 52.6 Å². The van der Waals surface area contributed by atoms with Crippen LogP contribution in [0.15, 0.2) is 12.7 Å². The van der Waals surface area contributed by atoms with Gasteiger partial charge in [-0.3, -0.25) is 4.70 Å². The molecule has 0 aliphatic heterocycles. The molecule has 0 atom stereocenters. The van der Waals surface area contributed by atoms with E-state index in [4.69, 9.17) is 0 Å². The van der Waals surface area contributed by atoms with Crippen molar-refractivity contribution in [1.29, 1.82) is 0 Å². The van der Waals surface area contributed by atoms with Gasteiger partial charge in [-0.05, 0) is 8.91 Å². The maximum absolute atomic E-state index is 10.8. The minimum Gasteiger partial charge on any atom is -0.269 e. The summed E-state index contributed by atoms with van der Waals surface area (Å²) in [5, 5.41) is 0. The molecule has 62 valence electrons. The van der Waals surface area contributed by atoms with E-state index in [0.717, 1.165) is 6.08 Å². The molecule has 0 aromatic heterocycles. The van der Waals surface area contributed by atoms with Gasteiger partial charge in [0, 0.05) is 0 Å². The second-order valence-electron chi connectivity index (χ2n) is 1.04. The van der Waals surface area contributed by atoms with E-state index in [1.165, 1.54) is 0 Å². The Morgan fingerprint density at radius 3 is 2.40 bits per heavy atom. The number of hydrogen-bond donors (Lipinski definition) is 0. The van der Waals surface area contributed by atoms with Crippen molar-refractivity contribution in [2.75, 3.05) is 6.61 Å². The average Bonchev–Trinajstić information content (AvgIpc) is 1.84. The highest BCUT2D eigenvalue weighted by Crippen LogP contribution is 1.94. The van der Waals surface area contributed by atoms with Gasteiger partial charge in [0.15, 0.2) is 0 Å². The van der Waals surface area contributed by atoms with Crippen LogP contribution in [0.25, 0.3) is 0 Å². The third-order valence-electron chi connectivity index (χ3n) is 0.407. The first-order chi connectivity index (χ1) is 4.12. The molecule has 0 spiro atoms. The van der Waals surface area contributed by atoms with Crippen molar-refractivity contribution < 1.29 is 26.2 Å². The van der Waals surface area contributed by atoms with Crippen molar-refractivity contribution in [2.24, 2.45) is 0 Å². The third kappa shape index (κ3) is 5.60. The number of halogens is 2. The van der Waals surface area contributed by atoms with Gasteiger partial charge >= 0.3 is 10.4 Å². The molecule has 0 radical (unpaired) electrons. The van der Waals surface area contributed by atoms with Crippen LogP contribution in [0.4, 0.5) is 9.23 Å². The molecular weight excluding hydrogens is 170 g/mol. The molecule has 0 N–H and O–H groups in total. The standard InChI is InChI=1S/C3H5FO4S.FH/c1-2-3-7-9(5,6)8-4;/h2H,1,3H2;1H. The first kappa shape index (κ1) is 12.2. The Bertz CT molecular complexity index is 175. The van der Waals surface area contributed by atoms with Crippen LogP contribution in [0.2, 0.25) is 0 Å². The molecular formula is C3H6F2O4S. The Morgan fingerprint density at radius 2 is 2.10 bits per heavy atom. The molecule has 0 amide bonds. The maximum Gasteiger partial charge on any atom is 0.430 e. The molecule has 4 nitrogen and oxygen atoms in total. The van der Waals surface area contributed by atoms with Crippen molar-refractivity contribution >= 4 is 10.4 Å². The zero-order chi connectivity index (χ0) is 7.33. The summed E-state index contributed by atoms with van der Waals surface area (Å²) in [4.78, 5) is 0. The molecule has 0 heterocycles. The van der Waals surface area contributed by atoms with Crippen LogP contribution in [0.3, 0.4) is 0 Å². The molecule has 0 aliphatic carbocycles. The summed E-state index contributed by atoms with van der Waals surface area (Å²) in [7, 11) is -4.42. The fourth-order valence-electron chi connectivity index (χ4n) is 0.150. The van der Waals surface area contributed by atoms with E-state index < -0.39 is 10.4 Å². The van der Waals surface area contributed by atoms with Crippen molar-refractivity contribution in [3.05, 3.63) is 12.7 Å². The minimum atomic E-state index is -4.42. The van der Waals surface area contributed by atoms with E-state index >= 15 is 0 Å². The van der Waals surface area contributed by atoms with Gasteiger partial charge in [0.2, 0.25) is 0 Å². The second-order valence-corrected chi connectivity index (χ2v) is 2.22. The van der Waals surface area contributed by atoms with E-state index in [0.29, 0.717) is 0 Å². The quantitative estimate of drug-likeness (QED) is 0.585. The molecule has 0 fully saturated rings. The summed E-state index contributed by atoms with van der Waals surface area (Å²) >= 11 is 0. The van der Waals surface area contributed by atoms with Crippen molar-refractivity contribution in [1.82, 2.24) is 0 Å². The smallest absolute Gasteiger partial charge is 0.269 e. The van der Waals surface area contributed by atoms with Crippen LogP contribution < -0.4 is 0 Å². The minimum absolute atomic E-state index is 0. The summed E-state index contributed by atoms with van der Waals surface area (Å²) in [5.74, 6) is 0. The third-order valence-corrected chi connectivity index (χ3v) is 0.986. The lowest BCUT2D eigenvalue weighted by Gasteiger charge is -1.92. The number of hydrogen-bond acceptors (Lipinski definition) is 4. The molecule has 0 unspecified atom stereocenters. The van der Waals surface area contributed by atoms with Crippen LogP contribution in [0.1, 0.15) is 0 Å². The molecule has 0 saturated carbocycles. The lowest BCUT2D eigenvalue weighted by atomic mass is 10.7. The van der Waals surface area contributed by atoms with Crippen LogP contribution in [0.5, 0.6) is 0 Å². The molecule has 0 saturated heterocycles. The fourth-order valence-corrected chi connectivity index (χ4v) is 0.449. The summed E-state index contributed by atoms with van der Waals surface area (Å²) < 4.78 is 36.9. The Labute approximate surface area is 56.8 Å². The van der Waals surface area contributed by atoms with E-state index in [1.54, 1.807) is 0 Å². The fraction of sp³-hybridized carbons (Fsp3) is 0.333. The van der Waals surface area contributed by atoms with Crippen LogP contribution in [-0.4, -0.2) is 15.0 Å². The van der Waals surface area contributed by atoms with Gasteiger partial charge in [-0.15, -0.1) is 6.58 Å². The summed E-state index contributed by atoms with van der Waals surface area (Å²) in [6, 6.07) is 0. The van der Waals surface area contributed by atoms with Gasteiger partial charge in [0.25, 0.3) is 0 Å². The summed E-state index contributed by atoms with van der Waals surface area (Å²) in [6.07, 6.45) is 1.15. The Hall–Kier alpha value is -0.530. The van der Waals surface area contributed by atoms with Gasteiger partial charge < -0.3 is 0 Å². The van der Waals surface area contributed by atoms with Crippen LogP contribution >= 0.6 is 0 Å². The molecule has 7 heteroatoms. The van der Waals surface area contributed by atoms with Crippen LogP contribution in [0, 0.1) is 0 Å². The van der Waals surface area contributed by atoms with Crippen molar-refractivity contribution in [3.8, 4) is 0 Å². The highest BCUT2D eigenvalue weighted by atomic mass is 32.3. The van der Waals surface area contributed by atoms with Gasteiger partial charge in [0.1, 0.15) is 0 Å². The highest BCUT2D eigenvalue weighted by Gasteiger charge is 2.09. The molecule has 10 heavy (non-hydrogen) atoms. The summed E-state index contributed by atoms with van der Waals surface area (Å²) in [6.45, 7) is 2.83. The van der Waals surface area contributed by atoms with Gasteiger partial charge in [-0.2, -0.15) is 8.42 Å². The first-order valence-electron chi connectivity index (χ1n) is 1.93. The predicted molar refractivity (Wildman–Crippen MR) is 29.8 cm³/mol. The Balaban J connectivity index is 0. The first-order valence-corrected chi connectivity index (χ1v) is 3.26. The van der Waals surface area contributed by atoms with Crippen molar-refractivity contribution in [3.63, 3.8) is 0 Å². The normalized spacial score (nSPS) is 10.1. The summed E-state index contributed by atoms with van der Waals surface area (Å²) in [5.41, 5.74) is 0. The van der Waals surface area contributed by atoms with Gasteiger partial charge in [-0.25, -0.2) is 4.18 Å². The zero-order valence-corrected chi connectivity index (χ0v) is 5.64. The molecule has 0 rings (SSSR count). The lowest BCUT2D eigenvalue weighted by molar-refractivity contribution is -0.0166. The van der Waals surface area contributed by atoms with Gasteiger partial charge in [-0.1, -0.05) is 6.08 Å². The Morgan fingerprint density at radius 1 is 1.60 bits per heavy atom. The maximum atomic E-state index is 10.8. The molecule has 0 aliphatic rings. The van der Waals surface area contributed by atoms with E-state index in [9.17, 15) is 12.9 Å². The van der Waals surface area contributed by atoms with Gasteiger partial charge in [0.05, 0.1) is 6.61 Å². The van der Waals surface area contributed by atoms with E-state index in [1.807, 2.05) is 0 Å². The zero-order valence-electron chi connectivity index (χ0n) is 4.82. The SMILES string of the molecule is C=CCOS(=O)(=O)OF.F. The molecule has 0 bridgehead atoms. The monoisotopic (exact) mass is 176 g/mol. The van der Waals surface area contributed by atoms with E-state index in [-0.39, 0.29) is 11.3 Å². The Kier molecular flexibility index (Phi) is 6.42. The number of rotatable bonds is 4. The van der Waals surface area contributed by atoms with Crippen LogP contribution in [-0.2, 0) is 19.0 Å². The largest absolute Gasteiger partial charge is 0.430 e. The molecule has 0 aromatic carbocycles.